The number of carbonyl (C=O) groups is 1. The summed E-state index contributed by atoms with van der Waals surface area (Å²) in [5.74, 6) is 1.58. The number of aromatic nitrogens is 4. The van der Waals surface area contributed by atoms with Crippen LogP contribution in [0.4, 0.5) is 0 Å². The molecular weight excluding hydrogens is 322 g/mol. The smallest absolute Gasteiger partial charge is 0.229 e. The second-order valence-electron chi connectivity index (χ2n) is 6.26. The summed E-state index contributed by atoms with van der Waals surface area (Å²) in [6.45, 7) is 3.51. The van der Waals surface area contributed by atoms with Crippen LogP contribution < -0.4 is 0 Å². The number of carbonyl (C=O) groups excluding carboxylic acids is 1. The molecule has 1 atom stereocenters. The lowest BCUT2D eigenvalue weighted by Crippen LogP contribution is -2.41. The molecule has 8 nitrogen and oxygen atoms in total. The maximum atomic E-state index is 12.8. The minimum absolute atomic E-state index is 0.00782. The zero-order chi connectivity index (χ0) is 17.4. The Morgan fingerprint density at radius 1 is 1.36 bits per heavy atom. The molecular formula is C17H19N5O3. The molecule has 0 bridgehead atoms. The third-order valence-electron chi connectivity index (χ3n) is 4.49. The van der Waals surface area contributed by atoms with E-state index in [2.05, 4.69) is 26.8 Å². The van der Waals surface area contributed by atoms with Gasteiger partial charge in [-0.05, 0) is 19.1 Å². The van der Waals surface area contributed by atoms with E-state index in [1.807, 2.05) is 24.3 Å². The number of nitrogens with zero attached hydrogens (tertiary/aromatic N) is 5. The SMILES string of the molecule is COCc1nnc2n1[C@@H](C)CN(C(=O)Cc1noc3ccccc13)C2. The molecule has 4 rings (SSSR count). The molecule has 1 amide bonds. The predicted octanol–water partition coefficient (Wildman–Crippen LogP) is 1.71. The summed E-state index contributed by atoms with van der Waals surface area (Å²) in [5.41, 5.74) is 1.36. The number of hydrogen-bond donors (Lipinski definition) is 0. The van der Waals surface area contributed by atoms with Crippen molar-refractivity contribution in [3.05, 3.63) is 41.6 Å². The topological polar surface area (TPSA) is 86.3 Å². The number of rotatable bonds is 4. The van der Waals surface area contributed by atoms with E-state index in [4.69, 9.17) is 9.26 Å². The van der Waals surface area contributed by atoms with Gasteiger partial charge in [-0.2, -0.15) is 0 Å². The van der Waals surface area contributed by atoms with Gasteiger partial charge in [0.15, 0.2) is 17.2 Å². The van der Waals surface area contributed by atoms with E-state index in [1.54, 1.807) is 12.0 Å². The fourth-order valence-corrected chi connectivity index (χ4v) is 3.35. The zero-order valence-corrected chi connectivity index (χ0v) is 14.2. The first kappa shape index (κ1) is 15.8. The highest BCUT2D eigenvalue weighted by Gasteiger charge is 2.29. The molecule has 1 aliphatic rings. The molecule has 0 radical (unpaired) electrons. The molecule has 2 aromatic heterocycles. The van der Waals surface area contributed by atoms with Crippen LogP contribution in [0.2, 0.25) is 0 Å². The number of ether oxygens (including phenoxy) is 1. The van der Waals surface area contributed by atoms with Crippen LogP contribution >= 0.6 is 0 Å². The first-order valence-electron chi connectivity index (χ1n) is 8.20. The standard InChI is InChI=1S/C17H19N5O3/c1-11-8-21(9-15-18-19-16(10-24-2)22(11)15)17(23)7-13-12-5-3-4-6-14(12)25-20-13/h3-6,11H,7-10H2,1-2H3/t11-/m0/s1. The van der Waals surface area contributed by atoms with Gasteiger partial charge < -0.3 is 18.7 Å². The molecule has 1 aliphatic heterocycles. The first-order chi connectivity index (χ1) is 12.2. The lowest BCUT2D eigenvalue weighted by molar-refractivity contribution is -0.132. The van der Waals surface area contributed by atoms with Crippen molar-refractivity contribution in [3.8, 4) is 0 Å². The second kappa shape index (κ2) is 6.29. The Kier molecular flexibility index (Phi) is 3.96. The van der Waals surface area contributed by atoms with E-state index < -0.39 is 0 Å². The second-order valence-corrected chi connectivity index (χ2v) is 6.26. The van der Waals surface area contributed by atoms with Gasteiger partial charge in [0.25, 0.3) is 0 Å². The molecule has 0 unspecified atom stereocenters. The van der Waals surface area contributed by atoms with Crippen LogP contribution in [0.5, 0.6) is 0 Å². The van der Waals surface area contributed by atoms with Crippen LogP contribution in [0, 0.1) is 0 Å². The summed E-state index contributed by atoms with van der Waals surface area (Å²) in [5, 5.41) is 13.3. The van der Waals surface area contributed by atoms with E-state index in [0.29, 0.717) is 31.0 Å². The van der Waals surface area contributed by atoms with Gasteiger partial charge in [-0.1, -0.05) is 17.3 Å². The van der Waals surface area contributed by atoms with Crippen molar-refractivity contribution in [2.24, 2.45) is 0 Å². The molecule has 0 spiro atoms. The maximum absolute atomic E-state index is 12.8. The number of benzene rings is 1. The summed E-state index contributed by atoms with van der Waals surface area (Å²) in [7, 11) is 1.63. The molecule has 3 heterocycles. The molecule has 130 valence electrons. The molecule has 0 aliphatic carbocycles. The highest BCUT2D eigenvalue weighted by molar-refractivity contribution is 5.86. The Hall–Kier alpha value is -2.74. The molecule has 0 saturated carbocycles. The van der Waals surface area contributed by atoms with E-state index >= 15 is 0 Å². The van der Waals surface area contributed by atoms with Crippen molar-refractivity contribution in [1.82, 2.24) is 24.8 Å². The highest BCUT2D eigenvalue weighted by Crippen LogP contribution is 2.24. The maximum Gasteiger partial charge on any atom is 0.229 e. The molecule has 25 heavy (non-hydrogen) atoms. The minimum atomic E-state index is 0.00782. The number of hydrogen-bond acceptors (Lipinski definition) is 6. The first-order valence-corrected chi connectivity index (χ1v) is 8.20. The Morgan fingerprint density at radius 2 is 2.20 bits per heavy atom. The number of para-hydroxylation sites is 1. The van der Waals surface area contributed by atoms with Crippen molar-refractivity contribution in [2.45, 2.75) is 32.5 Å². The summed E-state index contributed by atoms with van der Waals surface area (Å²) in [4.78, 5) is 14.6. The van der Waals surface area contributed by atoms with Crippen molar-refractivity contribution in [2.75, 3.05) is 13.7 Å². The van der Waals surface area contributed by atoms with Gasteiger partial charge in [-0.15, -0.1) is 10.2 Å². The van der Waals surface area contributed by atoms with Gasteiger partial charge in [0.2, 0.25) is 5.91 Å². The Bertz CT molecular complexity index is 916. The largest absolute Gasteiger partial charge is 0.377 e. The van der Waals surface area contributed by atoms with Crippen LogP contribution in [-0.2, 0) is 29.1 Å². The van der Waals surface area contributed by atoms with Crippen LogP contribution in [0.3, 0.4) is 0 Å². The molecule has 1 aromatic carbocycles. The van der Waals surface area contributed by atoms with Gasteiger partial charge in [0, 0.05) is 19.0 Å². The zero-order valence-electron chi connectivity index (χ0n) is 14.2. The van der Waals surface area contributed by atoms with Crippen molar-refractivity contribution < 1.29 is 14.1 Å². The number of methoxy groups -OCH3 is 1. The monoisotopic (exact) mass is 341 g/mol. The normalized spacial score (nSPS) is 17.0. The molecule has 0 N–H and O–H groups in total. The van der Waals surface area contributed by atoms with Gasteiger partial charge >= 0.3 is 0 Å². The summed E-state index contributed by atoms with van der Waals surface area (Å²) >= 11 is 0. The minimum Gasteiger partial charge on any atom is -0.377 e. The Morgan fingerprint density at radius 3 is 3.04 bits per heavy atom. The molecule has 0 saturated heterocycles. The summed E-state index contributed by atoms with van der Waals surface area (Å²) in [6, 6.07) is 7.66. The Balaban J connectivity index is 1.53. The fraction of sp³-hybridized carbons (Fsp3) is 0.412. The van der Waals surface area contributed by atoms with E-state index in [-0.39, 0.29) is 18.4 Å². The van der Waals surface area contributed by atoms with E-state index in [1.165, 1.54) is 0 Å². The number of amides is 1. The van der Waals surface area contributed by atoms with Crippen molar-refractivity contribution in [3.63, 3.8) is 0 Å². The average Bonchev–Trinajstić information content (AvgIpc) is 3.20. The molecule has 8 heteroatoms. The number of fused-ring (bicyclic) bond motifs is 2. The fourth-order valence-electron chi connectivity index (χ4n) is 3.35. The van der Waals surface area contributed by atoms with E-state index in [0.717, 1.165) is 17.0 Å². The van der Waals surface area contributed by atoms with Crippen molar-refractivity contribution in [1.29, 1.82) is 0 Å². The molecule has 0 fully saturated rings. The van der Waals surface area contributed by atoms with Gasteiger partial charge in [-0.3, -0.25) is 4.79 Å². The Labute approximate surface area is 144 Å². The lowest BCUT2D eigenvalue weighted by Gasteiger charge is -2.32. The van der Waals surface area contributed by atoms with Gasteiger partial charge in [-0.25, -0.2) is 0 Å². The van der Waals surface area contributed by atoms with Crippen LogP contribution in [-0.4, -0.2) is 44.4 Å². The van der Waals surface area contributed by atoms with Gasteiger partial charge in [0.05, 0.1) is 19.0 Å². The van der Waals surface area contributed by atoms with Gasteiger partial charge in [0.1, 0.15) is 12.3 Å². The predicted molar refractivity (Wildman–Crippen MR) is 88.6 cm³/mol. The van der Waals surface area contributed by atoms with E-state index in [9.17, 15) is 4.79 Å². The van der Waals surface area contributed by atoms with Crippen LogP contribution in [0.15, 0.2) is 28.8 Å². The average molecular weight is 341 g/mol. The summed E-state index contributed by atoms with van der Waals surface area (Å²) < 4.78 is 12.5. The third kappa shape index (κ3) is 2.78. The highest BCUT2D eigenvalue weighted by atomic mass is 16.5. The quantitative estimate of drug-likeness (QED) is 0.718. The third-order valence-corrected chi connectivity index (χ3v) is 4.49. The molecule has 3 aromatic rings. The van der Waals surface area contributed by atoms with Crippen molar-refractivity contribution >= 4 is 16.9 Å². The van der Waals surface area contributed by atoms with Crippen LogP contribution in [0.1, 0.15) is 30.3 Å². The van der Waals surface area contributed by atoms with Crippen LogP contribution in [0.25, 0.3) is 11.0 Å². The summed E-state index contributed by atoms with van der Waals surface area (Å²) in [6.07, 6.45) is 0.211. The lowest BCUT2D eigenvalue weighted by atomic mass is 10.1.